The van der Waals surface area contributed by atoms with Gasteiger partial charge >= 0.3 is 0 Å². The van der Waals surface area contributed by atoms with E-state index in [0.717, 1.165) is 52.2 Å². The second kappa shape index (κ2) is 7.96. The molecule has 0 aromatic carbocycles. The number of hydrogen-bond acceptors (Lipinski definition) is 4. The standard InChI is InChI=1S/C15H29N3O2/c1-13(15(19)17-7-5-3-4-6-8-17)18-9-10-20-14(12-18)11-16-2/h13-14,16H,3-12H2,1-2H3. The zero-order valence-electron chi connectivity index (χ0n) is 12.9. The van der Waals surface area contributed by atoms with E-state index >= 15 is 0 Å². The zero-order valence-corrected chi connectivity index (χ0v) is 12.9. The molecule has 1 N–H and O–H groups in total. The van der Waals surface area contributed by atoms with Crippen LogP contribution in [-0.2, 0) is 9.53 Å². The number of ether oxygens (including phenoxy) is 1. The highest BCUT2D eigenvalue weighted by Gasteiger charge is 2.30. The van der Waals surface area contributed by atoms with Gasteiger partial charge in [0.1, 0.15) is 0 Å². The number of carbonyl (C=O) groups is 1. The van der Waals surface area contributed by atoms with Gasteiger partial charge in [-0.2, -0.15) is 0 Å². The second-order valence-corrected chi connectivity index (χ2v) is 5.96. The van der Waals surface area contributed by atoms with Gasteiger partial charge in [0, 0.05) is 32.7 Å². The van der Waals surface area contributed by atoms with E-state index in [0.29, 0.717) is 5.91 Å². The highest BCUT2D eigenvalue weighted by Crippen LogP contribution is 2.15. The highest BCUT2D eigenvalue weighted by molar-refractivity contribution is 5.81. The van der Waals surface area contributed by atoms with Crippen LogP contribution in [0, 0.1) is 0 Å². The van der Waals surface area contributed by atoms with E-state index in [-0.39, 0.29) is 12.1 Å². The Morgan fingerprint density at radius 2 is 1.95 bits per heavy atom. The van der Waals surface area contributed by atoms with E-state index in [1.165, 1.54) is 12.8 Å². The lowest BCUT2D eigenvalue weighted by molar-refractivity contribution is -0.139. The number of morpholine rings is 1. The van der Waals surface area contributed by atoms with Crippen LogP contribution in [0.4, 0.5) is 0 Å². The molecule has 20 heavy (non-hydrogen) atoms. The molecule has 0 radical (unpaired) electrons. The molecule has 2 atom stereocenters. The number of hydrogen-bond donors (Lipinski definition) is 1. The Morgan fingerprint density at radius 1 is 1.25 bits per heavy atom. The normalized spacial score (nSPS) is 27.1. The molecule has 5 nitrogen and oxygen atoms in total. The van der Waals surface area contributed by atoms with E-state index in [1.807, 2.05) is 7.05 Å². The maximum Gasteiger partial charge on any atom is 0.239 e. The fourth-order valence-electron chi connectivity index (χ4n) is 3.16. The van der Waals surface area contributed by atoms with Gasteiger partial charge in [0.2, 0.25) is 5.91 Å². The molecule has 0 spiro atoms. The minimum atomic E-state index is -0.0173. The van der Waals surface area contributed by atoms with Crippen molar-refractivity contribution in [2.24, 2.45) is 0 Å². The molecule has 2 aliphatic heterocycles. The van der Waals surface area contributed by atoms with E-state index in [4.69, 9.17) is 4.74 Å². The van der Waals surface area contributed by atoms with E-state index in [9.17, 15) is 4.79 Å². The van der Waals surface area contributed by atoms with Crippen molar-refractivity contribution in [1.82, 2.24) is 15.1 Å². The molecule has 0 bridgehead atoms. The largest absolute Gasteiger partial charge is 0.374 e. The first-order valence-corrected chi connectivity index (χ1v) is 8.01. The van der Waals surface area contributed by atoms with Gasteiger partial charge in [-0.3, -0.25) is 9.69 Å². The molecular weight excluding hydrogens is 254 g/mol. The van der Waals surface area contributed by atoms with E-state index in [2.05, 4.69) is 22.0 Å². The Bertz CT molecular complexity index is 301. The van der Waals surface area contributed by atoms with E-state index in [1.54, 1.807) is 0 Å². The fourth-order valence-corrected chi connectivity index (χ4v) is 3.16. The van der Waals surface area contributed by atoms with Crippen molar-refractivity contribution < 1.29 is 9.53 Å². The predicted octanol–water partition coefficient (Wildman–Crippen LogP) is 0.698. The number of likely N-dealkylation sites (N-methyl/N-ethyl adjacent to an activating group) is 1. The molecule has 2 heterocycles. The van der Waals surface area contributed by atoms with Crippen molar-refractivity contribution in [2.45, 2.75) is 44.8 Å². The number of rotatable bonds is 4. The van der Waals surface area contributed by atoms with Crippen molar-refractivity contribution in [3.63, 3.8) is 0 Å². The topological polar surface area (TPSA) is 44.8 Å². The summed E-state index contributed by atoms with van der Waals surface area (Å²) < 4.78 is 5.71. The Morgan fingerprint density at radius 3 is 2.60 bits per heavy atom. The Kier molecular flexibility index (Phi) is 6.26. The Balaban J connectivity index is 1.88. The van der Waals surface area contributed by atoms with Crippen LogP contribution in [-0.4, -0.2) is 74.2 Å². The molecule has 2 rings (SSSR count). The maximum atomic E-state index is 12.6. The first kappa shape index (κ1) is 15.7. The van der Waals surface area contributed by atoms with Crippen molar-refractivity contribution in [3.8, 4) is 0 Å². The molecule has 0 saturated carbocycles. The van der Waals surface area contributed by atoms with Crippen molar-refractivity contribution >= 4 is 5.91 Å². The molecule has 0 aromatic rings. The maximum absolute atomic E-state index is 12.6. The third-order valence-electron chi connectivity index (χ3n) is 4.42. The molecule has 0 aliphatic carbocycles. The van der Waals surface area contributed by atoms with Gasteiger partial charge in [-0.25, -0.2) is 0 Å². The molecule has 116 valence electrons. The van der Waals surface area contributed by atoms with Crippen LogP contribution in [0.2, 0.25) is 0 Å². The van der Waals surface area contributed by atoms with Crippen LogP contribution in [0.3, 0.4) is 0 Å². The molecule has 2 unspecified atom stereocenters. The summed E-state index contributed by atoms with van der Waals surface area (Å²) in [6, 6.07) is -0.0173. The van der Waals surface area contributed by atoms with Gasteiger partial charge in [-0.1, -0.05) is 12.8 Å². The van der Waals surface area contributed by atoms with E-state index < -0.39 is 0 Å². The SMILES string of the molecule is CNCC1CN(C(C)C(=O)N2CCCCCC2)CCO1. The molecule has 1 amide bonds. The summed E-state index contributed by atoms with van der Waals surface area (Å²) in [6.45, 7) is 7.21. The van der Waals surface area contributed by atoms with Gasteiger partial charge in [0.15, 0.2) is 0 Å². The summed E-state index contributed by atoms with van der Waals surface area (Å²) >= 11 is 0. The molecule has 5 heteroatoms. The molecule has 2 aliphatic rings. The lowest BCUT2D eigenvalue weighted by Crippen LogP contribution is -2.54. The average molecular weight is 283 g/mol. The minimum absolute atomic E-state index is 0.0173. The number of amides is 1. The smallest absolute Gasteiger partial charge is 0.239 e. The lowest BCUT2D eigenvalue weighted by Gasteiger charge is -2.37. The number of likely N-dealkylation sites (tertiary alicyclic amines) is 1. The van der Waals surface area contributed by atoms with Crippen molar-refractivity contribution in [2.75, 3.05) is 46.4 Å². The molecule has 2 saturated heterocycles. The van der Waals surface area contributed by atoms with Gasteiger partial charge in [-0.05, 0) is 26.8 Å². The van der Waals surface area contributed by atoms with Gasteiger partial charge in [0.25, 0.3) is 0 Å². The average Bonchev–Trinajstić information content (AvgIpc) is 2.75. The minimum Gasteiger partial charge on any atom is -0.374 e. The first-order chi connectivity index (χ1) is 9.72. The van der Waals surface area contributed by atoms with Gasteiger partial charge < -0.3 is 15.0 Å². The van der Waals surface area contributed by atoms with Crippen LogP contribution < -0.4 is 5.32 Å². The summed E-state index contributed by atoms with van der Waals surface area (Å²) in [7, 11) is 1.94. The van der Waals surface area contributed by atoms with Crippen LogP contribution in [0.15, 0.2) is 0 Å². The Labute approximate surface area is 122 Å². The Hall–Kier alpha value is -0.650. The van der Waals surface area contributed by atoms with Crippen LogP contribution >= 0.6 is 0 Å². The second-order valence-electron chi connectivity index (χ2n) is 5.96. The van der Waals surface area contributed by atoms with Crippen LogP contribution in [0.1, 0.15) is 32.6 Å². The summed E-state index contributed by atoms with van der Waals surface area (Å²) in [5, 5.41) is 3.15. The van der Waals surface area contributed by atoms with Crippen molar-refractivity contribution in [3.05, 3.63) is 0 Å². The molecular formula is C15H29N3O2. The number of nitrogens with zero attached hydrogens (tertiary/aromatic N) is 2. The summed E-state index contributed by atoms with van der Waals surface area (Å²) in [5.74, 6) is 0.303. The highest BCUT2D eigenvalue weighted by atomic mass is 16.5. The monoisotopic (exact) mass is 283 g/mol. The van der Waals surface area contributed by atoms with Crippen molar-refractivity contribution in [1.29, 1.82) is 0 Å². The fraction of sp³-hybridized carbons (Fsp3) is 0.933. The molecule has 2 fully saturated rings. The quantitative estimate of drug-likeness (QED) is 0.825. The zero-order chi connectivity index (χ0) is 14.4. The van der Waals surface area contributed by atoms with Crippen LogP contribution in [0.5, 0.6) is 0 Å². The van der Waals surface area contributed by atoms with Crippen LogP contribution in [0.25, 0.3) is 0 Å². The molecule has 0 aromatic heterocycles. The van der Waals surface area contributed by atoms with Gasteiger partial charge in [0.05, 0.1) is 18.8 Å². The predicted molar refractivity (Wildman–Crippen MR) is 79.7 cm³/mol. The lowest BCUT2D eigenvalue weighted by atomic mass is 10.1. The number of carbonyl (C=O) groups excluding carboxylic acids is 1. The summed E-state index contributed by atoms with van der Waals surface area (Å²) in [4.78, 5) is 17.0. The summed E-state index contributed by atoms with van der Waals surface area (Å²) in [6.07, 6.45) is 5.04. The third-order valence-corrected chi connectivity index (χ3v) is 4.42. The third kappa shape index (κ3) is 4.17. The first-order valence-electron chi connectivity index (χ1n) is 8.01. The number of nitrogens with one attached hydrogen (secondary N) is 1. The van der Waals surface area contributed by atoms with Gasteiger partial charge in [-0.15, -0.1) is 0 Å². The summed E-state index contributed by atoms with van der Waals surface area (Å²) in [5.41, 5.74) is 0.